The molecule has 0 aromatic carbocycles. The summed E-state index contributed by atoms with van der Waals surface area (Å²) in [6.45, 7) is 3.83. The monoisotopic (exact) mass is 238 g/mol. The van der Waals surface area contributed by atoms with Gasteiger partial charge in [-0.1, -0.05) is 29.3 Å². The van der Waals surface area contributed by atoms with Gasteiger partial charge in [0.2, 0.25) is 0 Å². The van der Waals surface area contributed by atoms with Crippen molar-refractivity contribution in [1.82, 2.24) is 10.4 Å². The molecule has 0 aromatic rings. The van der Waals surface area contributed by atoms with E-state index in [0.717, 1.165) is 0 Å². The van der Waals surface area contributed by atoms with Gasteiger partial charge in [-0.15, -0.1) is 6.58 Å². The Bertz CT molecular complexity index is 219. The highest BCUT2D eigenvalue weighted by atomic mass is 35.5. The molecule has 0 saturated heterocycles. The Balaban J connectivity index is 4.27. The Morgan fingerprint density at radius 1 is 1.71 bits per heavy atom. The summed E-state index contributed by atoms with van der Waals surface area (Å²) < 4.78 is 0. The van der Waals surface area contributed by atoms with Gasteiger partial charge in [-0.2, -0.15) is 0 Å². The molecule has 0 aliphatic carbocycles. The van der Waals surface area contributed by atoms with E-state index in [1.807, 2.05) is 0 Å². The van der Waals surface area contributed by atoms with Crippen molar-refractivity contribution < 1.29 is 9.63 Å². The van der Waals surface area contributed by atoms with Crippen LogP contribution in [0.4, 0.5) is 0 Å². The van der Waals surface area contributed by atoms with Crippen molar-refractivity contribution in [2.45, 2.75) is 4.84 Å². The number of alkyl halides is 2. The van der Waals surface area contributed by atoms with E-state index in [1.165, 1.54) is 24.4 Å². The number of amides is 1. The Kier molecular flexibility index (Phi) is 7.28. The number of nitrogens with one attached hydrogen (secondary N) is 1. The van der Waals surface area contributed by atoms with Gasteiger partial charge in [-0.3, -0.25) is 15.1 Å². The van der Waals surface area contributed by atoms with Crippen LogP contribution >= 0.6 is 23.2 Å². The molecule has 0 aliphatic rings. The average molecular weight is 239 g/mol. The first kappa shape index (κ1) is 13.3. The lowest BCUT2D eigenvalue weighted by Crippen LogP contribution is -2.30. The van der Waals surface area contributed by atoms with Crippen LogP contribution in [0.25, 0.3) is 0 Å². The summed E-state index contributed by atoms with van der Waals surface area (Å²) in [6, 6.07) is 0. The molecule has 0 aliphatic heterocycles. The van der Waals surface area contributed by atoms with Crippen molar-refractivity contribution in [3.63, 3.8) is 0 Å². The first-order valence-corrected chi connectivity index (χ1v) is 4.65. The Morgan fingerprint density at radius 3 is 2.79 bits per heavy atom. The summed E-state index contributed by atoms with van der Waals surface area (Å²) in [5.74, 6) is -0.414. The molecule has 0 fully saturated rings. The molecule has 0 bridgehead atoms. The number of nitrogens with zero attached hydrogens (tertiary/aromatic N) is 1. The smallest absolute Gasteiger partial charge is 0.260 e. The number of hydrogen-bond donors (Lipinski definition) is 1. The maximum absolute atomic E-state index is 11.3. The number of carbonyl (C=O) groups excluding carboxylic acids is 1. The molecule has 1 N–H and O–H groups in total. The van der Waals surface area contributed by atoms with Gasteiger partial charge in [0.05, 0.1) is 7.11 Å². The Morgan fingerprint density at radius 2 is 2.36 bits per heavy atom. The molecule has 0 saturated carbocycles. The first-order chi connectivity index (χ1) is 6.63. The molecule has 4 nitrogen and oxygen atoms in total. The van der Waals surface area contributed by atoms with Gasteiger partial charge in [0.25, 0.3) is 5.91 Å². The molecule has 6 heteroatoms. The van der Waals surface area contributed by atoms with E-state index in [9.17, 15) is 4.79 Å². The normalized spacial score (nSPS) is 10.6. The standard InChI is InChI=1S/C8H12Cl2N2O2/c1-3-5-12(6-4-11-14-2)8(13)7(9)10/h3-4,6-7,11H,1,5H2,2H3. The van der Waals surface area contributed by atoms with E-state index < -0.39 is 10.7 Å². The van der Waals surface area contributed by atoms with Crippen molar-refractivity contribution in [3.05, 3.63) is 25.1 Å². The molecule has 0 rings (SSSR count). The number of halogens is 2. The van der Waals surface area contributed by atoms with Gasteiger partial charge in [-0.25, -0.2) is 0 Å². The van der Waals surface area contributed by atoms with Crippen LogP contribution in [0.15, 0.2) is 25.1 Å². The number of rotatable bonds is 6. The van der Waals surface area contributed by atoms with E-state index in [2.05, 4.69) is 16.9 Å². The summed E-state index contributed by atoms with van der Waals surface area (Å²) >= 11 is 10.9. The van der Waals surface area contributed by atoms with Crippen LogP contribution in [0.3, 0.4) is 0 Å². The molecule has 14 heavy (non-hydrogen) atoms. The van der Waals surface area contributed by atoms with E-state index in [4.69, 9.17) is 23.2 Å². The molecular weight excluding hydrogens is 227 g/mol. The zero-order valence-corrected chi connectivity index (χ0v) is 9.26. The Hall–Kier alpha value is -0.710. The predicted molar refractivity (Wildman–Crippen MR) is 56.7 cm³/mol. The summed E-state index contributed by atoms with van der Waals surface area (Å²) in [5, 5.41) is 0. The van der Waals surface area contributed by atoms with Crippen LogP contribution in [0.2, 0.25) is 0 Å². The largest absolute Gasteiger partial charge is 0.311 e. The molecule has 0 unspecified atom stereocenters. The van der Waals surface area contributed by atoms with E-state index >= 15 is 0 Å². The minimum atomic E-state index is -1.08. The quantitative estimate of drug-likeness (QED) is 0.433. The zero-order valence-electron chi connectivity index (χ0n) is 7.74. The van der Waals surface area contributed by atoms with Crippen LogP contribution < -0.4 is 5.48 Å². The minimum Gasteiger partial charge on any atom is -0.311 e. The lowest BCUT2D eigenvalue weighted by Gasteiger charge is -2.16. The third-order valence-electron chi connectivity index (χ3n) is 1.24. The average Bonchev–Trinajstić information content (AvgIpc) is 2.15. The molecule has 1 amide bonds. The van der Waals surface area contributed by atoms with Crippen LogP contribution in [-0.4, -0.2) is 29.3 Å². The zero-order chi connectivity index (χ0) is 11.0. The highest BCUT2D eigenvalue weighted by Crippen LogP contribution is 2.07. The SMILES string of the molecule is C=CCN(C=CNOC)C(=O)C(Cl)Cl. The fourth-order valence-electron chi connectivity index (χ4n) is 0.677. The van der Waals surface area contributed by atoms with Crippen LogP contribution in [0, 0.1) is 0 Å². The lowest BCUT2D eigenvalue weighted by atomic mass is 10.5. The van der Waals surface area contributed by atoms with Crippen LogP contribution in [-0.2, 0) is 9.63 Å². The molecule has 80 valence electrons. The van der Waals surface area contributed by atoms with Gasteiger partial charge < -0.3 is 4.90 Å². The fourth-order valence-corrected chi connectivity index (χ4v) is 0.928. The van der Waals surface area contributed by atoms with Gasteiger partial charge in [0, 0.05) is 18.9 Å². The van der Waals surface area contributed by atoms with Crippen molar-refractivity contribution in [1.29, 1.82) is 0 Å². The summed E-state index contributed by atoms with van der Waals surface area (Å²) in [6.07, 6.45) is 4.47. The molecule has 0 spiro atoms. The molecule has 0 aromatic heterocycles. The van der Waals surface area contributed by atoms with Crippen LogP contribution in [0.5, 0.6) is 0 Å². The fraction of sp³-hybridized carbons (Fsp3) is 0.375. The van der Waals surface area contributed by atoms with Crippen LogP contribution in [0.1, 0.15) is 0 Å². The first-order valence-electron chi connectivity index (χ1n) is 3.78. The summed E-state index contributed by atoms with van der Waals surface area (Å²) in [7, 11) is 1.45. The molecular formula is C8H12Cl2N2O2. The van der Waals surface area contributed by atoms with Gasteiger partial charge >= 0.3 is 0 Å². The van der Waals surface area contributed by atoms with Gasteiger partial charge in [0.1, 0.15) is 0 Å². The summed E-state index contributed by atoms with van der Waals surface area (Å²) in [5.41, 5.74) is 2.44. The van der Waals surface area contributed by atoms with Gasteiger partial charge in [-0.05, 0) is 0 Å². The van der Waals surface area contributed by atoms with Crippen molar-refractivity contribution >= 4 is 29.1 Å². The number of carbonyl (C=O) groups is 1. The van der Waals surface area contributed by atoms with Crippen molar-refractivity contribution in [2.24, 2.45) is 0 Å². The lowest BCUT2D eigenvalue weighted by molar-refractivity contribution is -0.126. The third-order valence-corrected chi connectivity index (χ3v) is 1.61. The summed E-state index contributed by atoms with van der Waals surface area (Å²) in [4.78, 5) is 16.1. The molecule has 0 heterocycles. The maximum Gasteiger partial charge on any atom is 0.260 e. The van der Waals surface area contributed by atoms with E-state index in [1.54, 1.807) is 6.08 Å². The van der Waals surface area contributed by atoms with Gasteiger partial charge in [0.15, 0.2) is 4.84 Å². The second-order valence-electron chi connectivity index (χ2n) is 2.22. The second-order valence-corrected chi connectivity index (χ2v) is 3.31. The topological polar surface area (TPSA) is 41.6 Å². The van der Waals surface area contributed by atoms with Crippen molar-refractivity contribution in [2.75, 3.05) is 13.7 Å². The molecule has 0 radical (unpaired) electrons. The second kappa shape index (κ2) is 7.67. The van der Waals surface area contributed by atoms with Crippen molar-refractivity contribution in [3.8, 4) is 0 Å². The molecule has 0 atom stereocenters. The Labute approximate surface area is 93.1 Å². The predicted octanol–water partition coefficient (Wildman–Crippen LogP) is 1.43. The highest BCUT2D eigenvalue weighted by Gasteiger charge is 2.16. The van der Waals surface area contributed by atoms with E-state index in [-0.39, 0.29) is 0 Å². The third kappa shape index (κ3) is 5.11. The number of hydroxylamine groups is 1. The maximum atomic E-state index is 11.3. The minimum absolute atomic E-state index is 0.330. The van der Waals surface area contributed by atoms with E-state index in [0.29, 0.717) is 6.54 Å². The highest BCUT2D eigenvalue weighted by molar-refractivity contribution is 6.53. The number of hydrogen-bond acceptors (Lipinski definition) is 3.